The fraction of sp³-hybridized carbons (Fsp3) is 0.667. The van der Waals surface area contributed by atoms with Gasteiger partial charge in [0, 0.05) is 0 Å². The molecule has 0 bridgehead atoms. The lowest BCUT2D eigenvalue weighted by Crippen LogP contribution is -2.25. The largest absolute Gasteiger partial charge is 0.0746 e. The Kier molecular flexibility index (Phi) is 9.75. The number of rotatable bonds is 10. The van der Waals surface area contributed by atoms with Crippen LogP contribution in [0.1, 0.15) is 53.4 Å². The van der Waals surface area contributed by atoms with E-state index in [4.69, 9.17) is 0 Å². The Hall–Kier alpha value is 0.0800. The third-order valence-corrected chi connectivity index (χ3v) is 9.80. The molecule has 0 spiro atoms. The molecule has 0 aromatic heterocycles. The van der Waals surface area contributed by atoms with Crippen molar-refractivity contribution in [1.82, 2.24) is 0 Å². The quantitative estimate of drug-likeness (QED) is 0.498. The zero-order valence-electron chi connectivity index (χ0n) is 13.9. The fourth-order valence-electron chi connectivity index (χ4n) is 2.78. The van der Waals surface area contributed by atoms with Gasteiger partial charge in [-0.05, 0) is 35.3 Å². The van der Waals surface area contributed by atoms with Crippen molar-refractivity contribution in [2.75, 3.05) is 24.6 Å². The van der Waals surface area contributed by atoms with Crippen LogP contribution in [0.15, 0.2) is 24.3 Å². The molecule has 0 aliphatic rings. The zero-order valence-corrected chi connectivity index (χ0v) is 15.6. The van der Waals surface area contributed by atoms with Crippen LogP contribution in [-0.2, 0) is 0 Å². The second kappa shape index (κ2) is 10.8. The van der Waals surface area contributed by atoms with E-state index in [0.717, 1.165) is 0 Å². The molecule has 0 N–H and O–H groups in total. The van der Waals surface area contributed by atoms with Crippen molar-refractivity contribution < 1.29 is 0 Å². The Labute approximate surface area is 129 Å². The van der Waals surface area contributed by atoms with E-state index in [9.17, 15) is 0 Å². The van der Waals surface area contributed by atoms with Gasteiger partial charge in [-0.1, -0.05) is 93.5 Å². The summed E-state index contributed by atoms with van der Waals surface area (Å²) in [7, 11) is 0.171. The SMILES string of the molecule is CCCP(CCC)c1ccccc1P(CCC)CCC. The van der Waals surface area contributed by atoms with Gasteiger partial charge >= 0.3 is 0 Å². The molecule has 0 saturated carbocycles. The highest BCUT2D eigenvalue weighted by Gasteiger charge is 2.18. The minimum atomic E-state index is 0.0855. The van der Waals surface area contributed by atoms with Gasteiger partial charge in [-0.15, -0.1) is 0 Å². The summed E-state index contributed by atoms with van der Waals surface area (Å²) >= 11 is 0. The van der Waals surface area contributed by atoms with Crippen LogP contribution in [0.5, 0.6) is 0 Å². The molecule has 0 amide bonds. The normalized spacial score (nSPS) is 11.5. The first-order chi connectivity index (χ1) is 9.78. The van der Waals surface area contributed by atoms with Gasteiger partial charge in [0.25, 0.3) is 0 Å². The molecule has 2 heteroatoms. The van der Waals surface area contributed by atoms with E-state index in [1.54, 1.807) is 10.6 Å². The predicted octanol–water partition coefficient (Wildman–Crippen LogP) is 5.54. The maximum Gasteiger partial charge on any atom is -0.0164 e. The lowest BCUT2D eigenvalue weighted by molar-refractivity contribution is 1.06. The first kappa shape index (κ1) is 18.1. The first-order valence-electron chi connectivity index (χ1n) is 8.37. The van der Waals surface area contributed by atoms with Gasteiger partial charge in [0.2, 0.25) is 0 Å². The molecule has 20 heavy (non-hydrogen) atoms. The minimum absolute atomic E-state index is 0.0855. The average molecular weight is 310 g/mol. The summed E-state index contributed by atoms with van der Waals surface area (Å²) in [6.07, 6.45) is 11.0. The van der Waals surface area contributed by atoms with Gasteiger partial charge in [-0.2, -0.15) is 0 Å². The van der Waals surface area contributed by atoms with Crippen molar-refractivity contribution in [1.29, 1.82) is 0 Å². The highest BCUT2D eigenvalue weighted by atomic mass is 31.1. The standard InChI is InChI=1S/C18H32P2/c1-5-13-19(14-6-2)17-11-9-10-12-18(17)20(15-7-3)16-8-4/h9-12H,5-8,13-16H2,1-4H3. The van der Waals surface area contributed by atoms with E-state index < -0.39 is 0 Å². The van der Waals surface area contributed by atoms with Crippen molar-refractivity contribution in [2.24, 2.45) is 0 Å². The molecule has 1 rings (SSSR count). The molecule has 0 aliphatic heterocycles. The summed E-state index contributed by atoms with van der Waals surface area (Å²) in [5.41, 5.74) is 0. The molecule has 0 atom stereocenters. The highest BCUT2D eigenvalue weighted by molar-refractivity contribution is 7.72. The van der Waals surface area contributed by atoms with E-state index in [-0.39, 0.29) is 15.8 Å². The summed E-state index contributed by atoms with van der Waals surface area (Å²) in [6, 6.07) is 9.44. The Morgan fingerprint density at radius 3 is 1.15 bits per heavy atom. The summed E-state index contributed by atoms with van der Waals surface area (Å²) in [4.78, 5) is 0. The van der Waals surface area contributed by atoms with Crippen LogP contribution >= 0.6 is 15.8 Å². The van der Waals surface area contributed by atoms with Crippen molar-refractivity contribution in [3.05, 3.63) is 24.3 Å². The van der Waals surface area contributed by atoms with Crippen LogP contribution in [0.25, 0.3) is 0 Å². The molecule has 0 radical (unpaired) electrons. The molecular formula is C18H32P2. The lowest BCUT2D eigenvalue weighted by Gasteiger charge is -2.25. The molecule has 0 heterocycles. The molecule has 1 aromatic carbocycles. The molecular weight excluding hydrogens is 278 g/mol. The fourth-order valence-corrected chi connectivity index (χ4v) is 8.59. The van der Waals surface area contributed by atoms with Crippen LogP contribution in [0, 0.1) is 0 Å². The number of benzene rings is 1. The van der Waals surface area contributed by atoms with Crippen LogP contribution in [-0.4, -0.2) is 24.6 Å². The van der Waals surface area contributed by atoms with Crippen LogP contribution < -0.4 is 10.6 Å². The van der Waals surface area contributed by atoms with Crippen LogP contribution in [0.4, 0.5) is 0 Å². The second-order valence-electron chi connectivity index (χ2n) is 5.46. The average Bonchev–Trinajstić information content (AvgIpc) is 2.47. The minimum Gasteiger partial charge on any atom is -0.0746 e. The molecule has 0 saturated heterocycles. The van der Waals surface area contributed by atoms with Gasteiger partial charge in [0.1, 0.15) is 0 Å². The third kappa shape index (κ3) is 5.46. The van der Waals surface area contributed by atoms with Crippen molar-refractivity contribution in [3.8, 4) is 0 Å². The number of hydrogen-bond donors (Lipinski definition) is 0. The van der Waals surface area contributed by atoms with E-state index in [0.29, 0.717) is 0 Å². The molecule has 0 nitrogen and oxygen atoms in total. The molecule has 0 unspecified atom stereocenters. The van der Waals surface area contributed by atoms with Crippen molar-refractivity contribution in [3.63, 3.8) is 0 Å². The maximum atomic E-state index is 2.45. The van der Waals surface area contributed by atoms with Gasteiger partial charge in [-0.3, -0.25) is 0 Å². The number of hydrogen-bond acceptors (Lipinski definition) is 0. The van der Waals surface area contributed by atoms with Gasteiger partial charge in [0.05, 0.1) is 0 Å². The van der Waals surface area contributed by atoms with Gasteiger partial charge in [0.15, 0.2) is 0 Å². The Bertz CT molecular complexity index is 315. The topological polar surface area (TPSA) is 0 Å². The van der Waals surface area contributed by atoms with Crippen molar-refractivity contribution >= 4 is 26.5 Å². The van der Waals surface area contributed by atoms with Gasteiger partial charge < -0.3 is 0 Å². The summed E-state index contributed by atoms with van der Waals surface area (Å²) in [5.74, 6) is 0. The van der Waals surface area contributed by atoms with E-state index in [1.165, 1.54) is 50.3 Å². The molecule has 1 aromatic rings. The van der Waals surface area contributed by atoms with Crippen LogP contribution in [0.3, 0.4) is 0 Å². The second-order valence-corrected chi connectivity index (χ2v) is 10.4. The van der Waals surface area contributed by atoms with E-state index in [2.05, 4.69) is 52.0 Å². The Balaban J connectivity index is 3.04. The van der Waals surface area contributed by atoms with Gasteiger partial charge in [-0.25, -0.2) is 0 Å². The third-order valence-electron chi connectivity index (χ3n) is 3.54. The van der Waals surface area contributed by atoms with E-state index >= 15 is 0 Å². The summed E-state index contributed by atoms with van der Waals surface area (Å²) in [5, 5.41) is 3.50. The van der Waals surface area contributed by atoms with E-state index in [1.807, 2.05) is 0 Å². The molecule has 0 fully saturated rings. The monoisotopic (exact) mass is 310 g/mol. The highest BCUT2D eigenvalue weighted by Crippen LogP contribution is 2.41. The Morgan fingerprint density at radius 1 is 0.600 bits per heavy atom. The maximum absolute atomic E-state index is 2.45. The Morgan fingerprint density at radius 2 is 0.900 bits per heavy atom. The molecule has 0 aliphatic carbocycles. The molecule has 114 valence electrons. The zero-order chi connectivity index (χ0) is 14.8. The van der Waals surface area contributed by atoms with Crippen molar-refractivity contribution in [2.45, 2.75) is 53.4 Å². The van der Waals surface area contributed by atoms with Crippen LogP contribution in [0.2, 0.25) is 0 Å². The lowest BCUT2D eigenvalue weighted by atomic mass is 10.4. The first-order valence-corrected chi connectivity index (χ1v) is 11.8. The predicted molar refractivity (Wildman–Crippen MR) is 100 cm³/mol. The smallest absolute Gasteiger partial charge is 0.0164 e. The summed E-state index contributed by atoms with van der Waals surface area (Å²) < 4.78 is 0. The summed E-state index contributed by atoms with van der Waals surface area (Å²) in [6.45, 7) is 9.37.